The molecule has 6 nitrogen and oxygen atoms in total. The van der Waals surface area contributed by atoms with Crippen molar-refractivity contribution >= 4 is 27.9 Å². The summed E-state index contributed by atoms with van der Waals surface area (Å²) in [6.45, 7) is 0.527. The summed E-state index contributed by atoms with van der Waals surface area (Å²) in [5, 5.41) is 17.3. The Kier molecular flexibility index (Phi) is 9.10. The van der Waals surface area contributed by atoms with Gasteiger partial charge in [0.15, 0.2) is 0 Å². The normalized spacial score (nSPS) is 17.1. The number of carboxylic acids is 2. The number of halogens is 1. The van der Waals surface area contributed by atoms with Gasteiger partial charge in [0.25, 0.3) is 0 Å². The molecule has 0 spiro atoms. The Balaban J connectivity index is 0.000000251. The highest BCUT2D eigenvalue weighted by Crippen LogP contribution is 2.38. The van der Waals surface area contributed by atoms with Crippen molar-refractivity contribution < 1.29 is 19.8 Å². The second kappa shape index (κ2) is 10.5. The first kappa shape index (κ1) is 21.6. The highest BCUT2D eigenvalue weighted by atomic mass is 79.9. The molecule has 0 heterocycles. The molecular weight excluding hydrogens is 388 g/mol. The second-order valence-corrected chi connectivity index (χ2v) is 7.53. The van der Waals surface area contributed by atoms with Gasteiger partial charge in [-0.05, 0) is 48.9 Å². The van der Waals surface area contributed by atoms with Crippen molar-refractivity contribution in [2.75, 3.05) is 6.54 Å². The van der Waals surface area contributed by atoms with Crippen molar-refractivity contribution in [2.45, 2.75) is 51.0 Å². The van der Waals surface area contributed by atoms with Gasteiger partial charge in [0.1, 0.15) is 6.04 Å². The quantitative estimate of drug-likeness (QED) is 0.566. The minimum atomic E-state index is -0.970. The highest BCUT2D eigenvalue weighted by molar-refractivity contribution is 9.10. The molecule has 25 heavy (non-hydrogen) atoms. The lowest BCUT2D eigenvalue weighted by Gasteiger charge is -2.34. The van der Waals surface area contributed by atoms with E-state index in [9.17, 15) is 9.59 Å². The van der Waals surface area contributed by atoms with E-state index in [4.69, 9.17) is 21.7 Å². The van der Waals surface area contributed by atoms with Gasteiger partial charge in [-0.25, -0.2) is 0 Å². The molecule has 1 fully saturated rings. The Hall–Kier alpha value is -1.44. The molecule has 7 heteroatoms. The Morgan fingerprint density at radius 2 is 1.68 bits per heavy atom. The summed E-state index contributed by atoms with van der Waals surface area (Å²) in [5.41, 5.74) is 11.8. The Bertz CT molecular complexity index is 557. The number of carbonyl (C=O) groups is 2. The lowest BCUT2D eigenvalue weighted by atomic mass is 9.72. The molecule has 2 rings (SSSR count). The van der Waals surface area contributed by atoms with Gasteiger partial charge in [0.2, 0.25) is 0 Å². The number of benzene rings is 1. The van der Waals surface area contributed by atoms with Crippen LogP contribution < -0.4 is 11.5 Å². The molecule has 0 amide bonds. The van der Waals surface area contributed by atoms with Crippen molar-refractivity contribution in [3.63, 3.8) is 0 Å². The summed E-state index contributed by atoms with van der Waals surface area (Å²) in [5.74, 6) is -1.68. The number of hydrogen-bond acceptors (Lipinski definition) is 4. The third kappa shape index (κ3) is 7.98. The van der Waals surface area contributed by atoms with Crippen LogP contribution in [0.2, 0.25) is 0 Å². The van der Waals surface area contributed by atoms with E-state index in [-0.39, 0.29) is 11.8 Å². The second-order valence-electron chi connectivity index (χ2n) is 6.61. The Labute approximate surface area is 156 Å². The lowest BCUT2D eigenvalue weighted by Crippen LogP contribution is -2.34. The molecule has 1 aliphatic rings. The predicted octanol–water partition coefficient (Wildman–Crippen LogP) is 2.77. The van der Waals surface area contributed by atoms with Crippen LogP contribution >= 0.6 is 15.9 Å². The summed E-state index contributed by atoms with van der Waals surface area (Å²) < 4.78 is 0.972. The largest absolute Gasteiger partial charge is 0.481 e. The minimum absolute atomic E-state index is 0.0793. The molecule has 1 aromatic rings. The van der Waals surface area contributed by atoms with Crippen LogP contribution in [-0.4, -0.2) is 34.7 Å². The maximum Gasteiger partial charge on any atom is 0.320 e. The summed E-state index contributed by atoms with van der Waals surface area (Å²) in [7, 11) is 0. The number of rotatable bonds is 6. The Morgan fingerprint density at radius 1 is 1.12 bits per heavy atom. The number of hydrogen-bond donors (Lipinski definition) is 4. The van der Waals surface area contributed by atoms with Crippen LogP contribution in [0.15, 0.2) is 28.7 Å². The molecule has 0 unspecified atom stereocenters. The monoisotopic (exact) mass is 414 g/mol. The minimum Gasteiger partial charge on any atom is -0.481 e. The Morgan fingerprint density at radius 3 is 2.12 bits per heavy atom. The molecule has 1 aromatic carbocycles. The van der Waals surface area contributed by atoms with Crippen molar-refractivity contribution in [3.05, 3.63) is 34.3 Å². The van der Waals surface area contributed by atoms with Gasteiger partial charge < -0.3 is 21.7 Å². The molecule has 6 N–H and O–H groups in total. The van der Waals surface area contributed by atoms with E-state index in [0.717, 1.165) is 35.7 Å². The van der Waals surface area contributed by atoms with Crippen LogP contribution in [0, 0.1) is 5.41 Å². The van der Waals surface area contributed by atoms with Crippen molar-refractivity contribution in [2.24, 2.45) is 16.9 Å². The average Bonchev–Trinajstić information content (AvgIpc) is 2.57. The summed E-state index contributed by atoms with van der Waals surface area (Å²) in [6, 6.07) is 6.62. The highest BCUT2D eigenvalue weighted by Gasteiger charge is 2.32. The number of carboxylic acid groups (broad SMARTS) is 2. The van der Waals surface area contributed by atoms with Gasteiger partial charge >= 0.3 is 11.9 Å². The molecule has 0 aliphatic heterocycles. The summed E-state index contributed by atoms with van der Waals surface area (Å²) in [4.78, 5) is 21.0. The molecule has 0 radical (unpaired) electrons. The molecule has 140 valence electrons. The van der Waals surface area contributed by atoms with Crippen LogP contribution in [-0.2, 0) is 16.0 Å². The van der Waals surface area contributed by atoms with Gasteiger partial charge in [-0.2, -0.15) is 0 Å². The maximum absolute atomic E-state index is 10.6. The number of nitrogens with two attached hydrogens (primary N) is 2. The first-order chi connectivity index (χ1) is 11.8. The smallest absolute Gasteiger partial charge is 0.320 e. The van der Waals surface area contributed by atoms with Gasteiger partial charge in [-0.3, -0.25) is 9.59 Å². The molecule has 1 atom stereocenters. The zero-order valence-corrected chi connectivity index (χ0v) is 15.9. The average molecular weight is 415 g/mol. The SMILES string of the molecule is NCC1(CC(=O)O)CCCCC1.N[C@@H](Cc1ccc(Br)cc1)C(=O)O. The first-order valence-electron chi connectivity index (χ1n) is 8.43. The molecule has 1 aliphatic carbocycles. The zero-order valence-electron chi connectivity index (χ0n) is 14.3. The van der Waals surface area contributed by atoms with E-state index in [2.05, 4.69) is 15.9 Å². The van der Waals surface area contributed by atoms with Crippen LogP contribution in [0.3, 0.4) is 0 Å². The summed E-state index contributed by atoms with van der Waals surface area (Å²) >= 11 is 3.29. The standard InChI is InChI=1S/C9H10BrNO2.C9H17NO2/c10-7-3-1-6(2-4-7)5-8(11)9(12)13;10-7-9(6-8(11)12)4-2-1-3-5-9/h1-4,8H,5,11H2,(H,12,13);1-7,10H2,(H,11,12)/t8-;/m0./s1. The van der Waals surface area contributed by atoms with Crippen LogP contribution in [0.5, 0.6) is 0 Å². The van der Waals surface area contributed by atoms with Gasteiger partial charge in [0, 0.05) is 4.47 Å². The maximum atomic E-state index is 10.6. The van der Waals surface area contributed by atoms with Gasteiger partial charge in [-0.1, -0.05) is 47.3 Å². The predicted molar refractivity (Wildman–Crippen MR) is 100 cm³/mol. The molecule has 0 bridgehead atoms. The third-order valence-corrected chi connectivity index (χ3v) is 5.09. The van der Waals surface area contributed by atoms with E-state index in [1.54, 1.807) is 0 Å². The van der Waals surface area contributed by atoms with Crippen LogP contribution in [0.25, 0.3) is 0 Å². The first-order valence-corrected chi connectivity index (χ1v) is 9.22. The van der Waals surface area contributed by atoms with E-state index < -0.39 is 18.0 Å². The van der Waals surface area contributed by atoms with E-state index in [0.29, 0.717) is 13.0 Å². The molecule has 1 saturated carbocycles. The summed E-state index contributed by atoms with van der Waals surface area (Å²) in [6.07, 6.45) is 6.13. The number of aliphatic carboxylic acids is 2. The van der Waals surface area contributed by atoms with E-state index in [1.807, 2.05) is 24.3 Å². The van der Waals surface area contributed by atoms with Crippen molar-refractivity contribution in [3.8, 4) is 0 Å². The topological polar surface area (TPSA) is 127 Å². The van der Waals surface area contributed by atoms with Crippen molar-refractivity contribution in [1.29, 1.82) is 0 Å². The molecule has 0 aromatic heterocycles. The lowest BCUT2D eigenvalue weighted by molar-refractivity contribution is -0.140. The van der Waals surface area contributed by atoms with E-state index in [1.165, 1.54) is 6.42 Å². The zero-order chi connectivity index (χ0) is 18.9. The fourth-order valence-corrected chi connectivity index (χ4v) is 3.30. The van der Waals surface area contributed by atoms with Crippen molar-refractivity contribution in [1.82, 2.24) is 0 Å². The molecular formula is C18H27BrN2O4. The fourth-order valence-electron chi connectivity index (χ4n) is 3.04. The fraction of sp³-hybridized carbons (Fsp3) is 0.556. The van der Waals surface area contributed by atoms with E-state index >= 15 is 0 Å². The van der Waals surface area contributed by atoms with Crippen LogP contribution in [0.4, 0.5) is 0 Å². The van der Waals surface area contributed by atoms with Gasteiger partial charge in [-0.15, -0.1) is 0 Å². The third-order valence-electron chi connectivity index (χ3n) is 4.56. The van der Waals surface area contributed by atoms with Crippen LogP contribution in [0.1, 0.15) is 44.1 Å². The molecule has 0 saturated heterocycles. The van der Waals surface area contributed by atoms with Gasteiger partial charge in [0.05, 0.1) is 6.42 Å².